The third-order valence-corrected chi connectivity index (χ3v) is 10.5. The number of nitrogens with zero attached hydrogens (tertiary/aromatic N) is 2. The Morgan fingerprint density at radius 1 is 1.22 bits per heavy atom. The van der Waals surface area contributed by atoms with Crippen LogP contribution in [0.15, 0.2) is 61.3 Å². The number of rotatable bonds is 2. The van der Waals surface area contributed by atoms with Crippen LogP contribution in [0.4, 0.5) is 0 Å². The Morgan fingerprint density at radius 3 is 2.78 bits per heavy atom. The minimum Gasteiger partial charge on any atom is -0.376 e. The number of nitrogens with one attached hydrogen (secondary N) is 1. The number of hydrogen-bond donors (Lipinski definition) is 1. The fourth-order valence-corrected chi connectivity index (χ4v) is 8.47. The lowest BCUT2D eigenvalue weighted by atomic mass is 9.60. The molecule has 2 bridgehead atoms. The zero-order valence-corrected chi connectivity index (χ0v) is 22.4. The molecule has 184 valence electrons. The summed E-state index contributed by atoms with van der Waals surface area (Å²) in [5.74, 6) is -0.317. The predicted molar refractivity (Wildman–Crippen MR) is 140 cm³/mol. The lowest BCUT2D eigenvalue weighted by Gasteiger charge is -2.53. The van der Waals surface area contributed by atoms with E-state index < -0.39 is 15.4 Å². The number of benzene rings is 1. The fraction of sp³-hybridized carbons (Fsp3) is 0.346. The third-order valence-electron chi connectivity index (χ3n) is 7.94. The van der Waals surface area contributed by atoms with E-state index in [9.17, 15) is 18.0 Å². The molecule has 5 aliphatic rings. The summed E-state index contributed by atoms with van der Waals surface area (Å²) in [4.78, 5) is 31.7. The lowest BCUT2D eigenvalue weighted by Crippen LogP contribution is -2.60. The number of fused-ring (bicyclic) bond motifs is 2. The van der Waals surface area contributed by atoms with Crippen molar-refractivity contribution in [2.75, 3.05) is 13.2 Å². The Balaban J connectivity index is 1.48. The molecule has 1 saturated heterocycles. The Hall–Kier alpha value is -2.57. The summed E-state index contributed by atoms with van der Waals surface area (Å²) in [6.45, 7) is 2.76. The van der Waals surface area contributed by atoms with Crippen molar-refractivity contribution in [3.63, 3.8) is 0 Å². The van der Waals surface area contributed by atoms with Crippen LogP contribution in [-0.4, -0.2) is 55.0 Å². The zero-order valence-electron chi connectivity index (χ0n) is 19.4. The molecule has 0 amide bonds. The van der Waals surface area contributed by atoms with Crippen LogP contribution in [0.3, 0.4) is 0 Å². The van der Waals surface area contributed by atoms with Gasteiger partial charge in [0.1, 0.15) is 5.69 Å². The molecule has 3 aliphatic heterocycles. The number of hydrogen-bond acceptors (Lipinski definition) is 7. The number of aromatic nitrogens is 1. The number of aliphatic imine (C=N–C) groups is 1. The molecule has 2 aromatic rings. The summed E-state index contributed by atoms with van der Waals surface area (Å²) in [5, 5.41) is 3.35. The Labute approximate surface area is 221 Å². The van der Waals surface area contributed by atoms with Crippen LogP contribution in [0, 0.1) is 12.3 Å². The molecule has 8 nitrogen and oxygen atoms in total. The maximum absolute atomic E-state index is 14.2. The second kappa shape index (κ2) is 7.48. The van der Waals surface area contributed by atoms with Crippen LogP contribution in [-0.2, 0) is 26.0 Å². The molecule has 2 aliphatic carbocycles. The number of ether oxygens (including phenoxy) is 1. The summed E-state index contributed by atoms with van der Waals surface area (Å²) in [6, 6.07) is 6.51. The first kappa shape index (κ1) is 22.6. The normalized spacial score (nSPS) is 28.5. The van der Waals surface area contributed by atoms with Crippen molar-refractivity contribution in [2.24, 2.45) is 10.4 Å². The number of allylic oxidation sites excluding steroid dienone is 2. The number of carbonyl (C=O) groups is 2. The predicted octanol–water partition coefficient (Wildman–Crippen LogP) is 2.87. The van der Waals surface area contributed by atoms with Crippen molar-refractivity contribution < 1.29 is 22.7 Å². The molecule has 0 radical (unpaired) electrons. The summed E-state index contributed by atoms with van der Waals surface area (Å²) in [7, 11) is -4.00. The molecular weight excluding hydrogens is 593 g/mol. The van der Waals surface area contributed by atoms with Gasteiger partial charge in [0.15, 0.2) is 5.78 Å². The fourth-order valence-electron chi connectivity index (χ4n) is 6.30. The van der Waals surface area contributed by atoms with Gasteiger partial charge in [0.2, 0.25) is 5.78 Å². The van der Waals surface area contributed by atoms with Gasteiger partial charge in [-0.2, -0.15) is 0 Å². The maximum Gasteiger partial charge on any atom is 0.268 e. The van der Waals surface area contributed by atoms with E-state index in [1.165, 1.54) is 0 Å². The van der Waals surface area contributed by atoms with Gasteiger partial charge in [-0.15, -0.1) is 0 Å². The van der Waals surface area contributed by atoms with Gasteiger partial charge in [0, 0.05) is 35.7 Å². The molecular formula is C26H22IN3O5S. The topological polar surface area (TPSA) is 107 Å². The van der Waals surface area contributed by atoms with Crippen molar-refractivity contribution in [3.05, 3.63) is 73.8 Å². The van der Waals surface area contributed by atoms with Crippen molar-refractivity contribution in [3.8, 4) is 0 Å². The highest BCUT2D eigenvalue weighted by Crippen LogP contribution is 2.54. The summed E-state index contributed by atoms with van der Waals surface area (Å²) < 4.78 is 35.4. The van der Waals surface area contributed by atoms with Gasteiger partial charge >= 0.3 is 0 Å². The molecule has 0 saturated carbocycles. The quantitative estimate of drug-likeness (QED) is 0.521. The highest BCUT2D eigenvalue weighted by molar-refractivity contribution is 14.1. The van der Waals surface area contributed by atoms with E-state index in [1.54, 1.807) is 30.5 Å². The minimum absolute atomic E-state index is 0.0369. The van der Waals surface area contributed by atoms with Crippen molar-refractivity contribution in [2.45, 2.75) is 43.2 Å². The van der Waals surface area contributed by atoms with E-state index in [1.807, 2.05) is 13.0 Å². The van der Waals surface area contributed by atoms with Crippen LogP contribution in [0.1, 0.15) is 40.0 Å². The van der Waals surface area contributed by atoms with Crippen LogP contribution >= 0.6 is 22.6 Å². The second-order valence-electron chi connectivity index (χ2n) is 10.1. The summed E-state index contributed by atoms with van der Waals surface area (Å²) in [5.41, 5.74) is 3.59. The highest BCUT2D eigenvalue weighted by Gasteiger charge is 2.57. The first-order valence-electron chi connectivity index (χ1n) is 11.9. The standard InChI is InChI=1S/C26H22IN3O5S/c1-13-2-4-16(5-3-13)36(33,34)30-11-14-6-7-28-22-20(14)24(30)25(32)23-21(22)26-9-15(29-23)12-35-19(26)8-18(31)17(27)10-26/h2-5,10-11,15,19,29H,6-9,12H2,1H3/t15-,19-,26+/m0/s1. The zero-order chi connectivity index (χ0) is 25.0. The Bertz CT molecular complexity index is 1600. The number of Topliss-reactive ketones (excluding diaryl/α,β-unsaturated/α-hetero) is 2. The molecule has 1 fully saturated rings. The average Bonchev–Trinajstić information content (AvgIpc) is 3.25. The average molecular weight is 615 g/mol. The molecule has 1 N–H and O–H groups in total. The lowest BCUT2D eigenvalue weighted by molar-refractivity contribution is -0.125. The second-order valence-corrected chi connectivity index (χ2v) is 13.1. The van der Waals surface area contributed by atoms with Crippen LogP contribution in [0.2, 0.25) is 0 Å². The summed E-state index contributed by atoms with van der Waals surface area (Å²) >= 11 is 2.07. The van der Waals surface area contributed by atoms with E-state index in [4.69, 9.17) is 9.73 Å². The van der Waals surface area contributed by atoms with Crippen molar-refractivity contribution in [1.29, 1.82) is 0 Å². The highest BCUT2D eigenvalue weighted by atomic mass is 127. The first-order valence-corrected chi connectivity index (χ1v) is 14.4. The monoisotopic (exact) mass is 615 g/mol. The third kappa shape index (κ3) is 2.89. The molecule has 1 aromatic carbocycles. The number of aryl methyl sites for hydroxylation is 1. The van der Waals surface area contributed by atoms with Gasteiger partial charge in [0.25, 0.3) is 10.0 Å². The van der Waals surface area contributed by atoms with Crippen LogP contribution in [0.25, 0.3) is 0 Å². The number of ketones is 2. The van der Waals surface area contributed by atoms with Gasteiger partial charge in [-0.3, -0.25) is 14.6 Å². The van der Waals surface area contributed by atoms with Crippen LogP contribution < -0.4 is 5.32 Å². The first-order chi connectivity index (χ1) is 17.2. The largest absolute Gasteiger partial charge is 0.376 e. The molecule has 10 heteroatoms. The van der Waals surface area contributed by atoms with E-state index >= 15 is 0 Å². The number of carbonyl (C=O) groups excluding carboxylic acids is 2. The molecule has 3 atom stereocenters. The van der Waals surface area contributed by atoms with E-state index in [0.29, 0.717) is 46.5 Å². The van der Waals surface area contributed by atoms with E-state index in [2.05, 4.69) is 27.9 Å². The maximum atomic E-state index is 14.2. The van der Waals surface area contributed by atoms with Crippen molar-refractivity contribution in [1.82, 2.24) is 9.29 Å². The number of halogens is 1. The molecule has 1 aromatic heterocycles. The molecule has 4 heterocycles. The van der Waals surface area contributed by atoms with E-state index in [0.717, 1.165) is 20.7 Å². The van der Waals surface area contributed by atoms with Gasteiger partial charge in [0.05, 0.1) is 38.6 Å². The smallest absolute Gasteiger partial charge is 0.268 e. The molecule has 7 rings (SSSR count). The Morgan fingerprint density at radius 2 is 2.00 bits per heavy atom. The van der Waals surface area contributed by atoms with Crippen molar-refractivity contribution >= 4 is 49.9 Å². The molecule has 36 heavy (non-hydrogen) atoms. The SMILES string of the molecule is Cc1ccc(S(=O)(=O)n2cc3c4c2C(=O)C2=C(C4=NCC3)[C@]34C=C(I)C(=O)C[C@@H]3OC[C@H](C4)N2)cc1. The van der Waals surface area contributed by atoms with Crippen LogP contribution in [0.5, 0.6) is 0 Å². The Kier molecular flexibility index (Phi) is 4.70. The molecule has 1 spiro atoms. The summed E-state index contributed by atoms with van der Waals surface area (Å²) in [6.07, 6.45) is 4.66. The molecule has 0 unspecified atom stereocenters. The van der Waals surface area contributed by atoms with Gasteiger partial charge in [-0.25, -0.2) is 12.4 Å². The van der Waals surface area contributed by atoms with Gasteiger partial charge in [-0.1, -0.05) is 23.8 Å². The van der Waals surface area contributed by atoms with E-state index in [-0.39, 0.29) is 40.7 Å². The van der Waals surface area contributed by atoms with Gasteiger partial charge < -0.3 is 10.1 Å². The van der Waals surface area contributed by atoms with Gasteiger partial charge in [-0.05, 0) is 60.1 Å². The minimum atomic E-state index is -4.00.